The molecule has 5 heteroatoms. The Hall–Kier alpha value is -1.52. The molecule has 2 rings (SSSR count). The highest BCUT2D eigenvalue weighted by Gasteiger charge is 2.09. The average molecular weight is 308 g/mol. The van der Waals surface area contributed by atoms with Crippen molar-refractivity contribution in [2.24, 2.45) is 5.92 Å². The number of hydrogen-bond donors (Lipinski definition) is 1. The Labute approximate surface area is 131 Å². The van der Waals surface area contributed by atoms with Gasteiger partial charge in [0.1, 0.15) is 11.6 Å². The van der Waals surface area contributed by atoms with Crippen molar-refractivity contribution in [2.75, 3.05) is 18.5 Å². The van der Waals surface area contributed by atoms with Crippen LogP contribution in [0.4, 0.5) is 5.82 Å². The van der Waals surface area contributed by atoms with Gasteiger partial charge in [-0.25, -0.2) is 4.98 Å². The van der Waals surface area contributed by atoms with E-state index in [-0.39, 0.29) is 0 Å². The summed E-state index contributed by atoms with van der Waals surface area (Å²) < 4.78 is 5.36. The van der Waals surface area contributed by atoms with Crippen LogP contribution in [0.2, 0.25) is 5.02 Å². The minimum Gasteiger partial charge on any atom is -0.467 e. The molecule has 4 nitrogen and oxygen atoms in total. The Morgan fingerprint density at radius 3 is 2.90 bits per heavy atom. The monoisotopic (exact) mass is 307 g/mol. The number of anilines is 1. The maximum absolute atomic E-state index is 6.22. The van der Waals surface area contributed by atoms with Gasteiger partial charge in [-0.15, -0.1) is 0 Å². The standard InChI is InChI=1S/C16H22ClN3O/c1-12(2)8-18-9-13-7-16(19-10-15(13)17)20(3)11-14-5-4-6-21-14/h4-7,10,12,18H,8-9,11H2,1-3H3. The van der Waals surface area contributed by atoms with Crippen molar-refractivity contribution in [1.29, 1.82) is 0 Å². The highest BCUT2D eigenvalue weighted by atomic mass is 35.5. The van der Waals surface area contributed by atoms with E-state index in [0.717, 1.165) is 30.2 Å². The molecule has 0 aliphatic carbocycles. The minimum absolute atomic E-state index is 0.617. The summed E-state index contributed by atoms with van der Waals surface area (Å²) in [6, 6.07) is 5.87. The number of hydrogen-bond acceptors (Lipinski definition) is 4. The Morgan fingerprint density at radius 1 is 1.43 bits per heavy atom. The van der Waals surface area contributed by atoms with Gasteiger partial charge in [0.15, 0.2) is 0 Å². The normalized spacial score (nSPS) is 11.1. The highest BCUT2D eigenvalue weighted by Crippen LogP contribution is 2.21. The van der Waals surface area contributed by atoms with Crippen LogP contribution in [0.5, 0.6) is 0 Å². The molecule has 2 aromatic heterocycles. The van der Waals surface area contributed by atoms with Gasteiger partial charge in [0.2, 0.25) is 0 Å². The van der Waals surface area contributed by atoms with Gasteiger partial charge in [0.05, 0.1) is 17.8 Å². The molecule has 0 saturated carbocycles. The minimum atomic E-state index is 0.617. The van der Waals surface area contributed by atoms with E-state index in [4.69, 9.17) is 16.0 Å². The van der Waals surface area contributed by atoms with Crippen molar-refractivity contribution in [3.8, 4) is 0 Å². The lowest BCUT2D eigenvalue weighted by molar-refractivity contribution is 0.507. The molecule has 0 radical (unpaired) electrons. The van der Waals surface area contributed by atoms with Crippen LogP contribution in [0.1, 0.15) is 25.2 Å². The molecular formula is C16H22ClN3O. The quantitative estimate of drug-likeness (QED) is 0.846. The van der Waals surface area contributed by atoms with Gasteiger partial charge in [-0.2, -0.15) is 0 Å². The topological polar surface area (TPSA) is 41.3 Å². The van der Waals surface area contributed by atoms with E-state index < -0.39 is 0 Å². The molecule has 0 atom stereocenters. The number of aromatic nitrogens is 1. The molecule has 0 amide bonds. The molecule has 114 valence electrons. The molecular weight excluding hydrogens is 286 g/mol. The Bertz CT molecular complexity index is 555. The van der Waals surface area contributed by atoms with E-state index in [0.29, 0.717) is 17.5 Å². The van der Waals surface area contributed by atoms with Crippen LogP contribution in [-0.2, 0) is 13.1 Å². The Morgan fingerprint density at radius 2 is 2.24 bits per heavy atom. The largest absolute Gasteiger partial charge is 0.467 e. The summed E-state index contributed by atoms with van der Waals surface area (Å²) in [5.74, 6) is 2.41. The lowest BCUT2D eigenvalue weighted by Gasteiger charge is -2.18. The number of pyridine rings is 1. The Kier molecular flexibility index (Phi) is 5.65. The maximum Gasteiger partial charge on any atom is 0.129 e. The van der Waals surface area contributed by atoms with Crippen molar-refractivity contribution in [3.05, 3.63) is 47.0 Å². The second-order valence-corrected chi connectivity index (χ2v) is 6.00. The van der Waals surface area contributed by atoms with Crippen LogP contribution in [-0.4, -0.2) is 18.6 Å². The highest BCUT2D eigenvalue weighted by molar-refractivity contribution is 6.31. The van der Waals surface area contributed by atoms with Crippen molar-refractivity contribution in [1.82, 2.24) is 10.3 Å². The summed E-state index contributed by atoms with van der Waals surface area (Å²) in [5, 5.41) is 4.10. The predicted molar refractivity (Wildman–Crippen MR) is 86.6 cm³/mol. The van der Waals surface area contributed by atoms with Crippen molar-refractivity contribution >= 4 is 17.4 Å². The van der Waals surface area contributed by atoms with Crippen LogP contribution in [0.25, 0.3) is 0 Å². The zero-order valence-electron chi connectivity index (χ0n) is 12.8. The summed E-state index contributed by atoms with van der Waals surface area (Å²) >= 11 is 6.22. The van der Waals surface area contributed by atoms with Crippen molar-refractivity contribution in [3.63, 3.8) is 0 Å². The zero-order valence-corrected chi connectivity index (χ0v) is 13.5. The fourth-order valence-corrected chi connectivity index (χ4v) is 2.19. The summed E-state index contributed by atoms with van der Waals surface area (Å²) in [6.07, 6.45) is 3.39. The Balaban J connectivity index is 2.03. The molecule has 0 bridgehead atoms. The fourth-order valence-electron chi connectivity index (χ4n) is 2.02. The number of nitrogens with one attached hydrogen (secondary N) is 1. The first-order valence-corrected chi connectivity index (χ1v) is 7.52. The maximum atomic E-state index is 6.22. The first-order chi connectivity index (χ1) is 10.1. The number of nitrogens with zero attached hydrogens (tertiary/aromatic N) is 2. The lowest BCUT2D eigenvalue weighted by Crippen LogP contribution is -2.21. The van der Waals surface area contributed by atoms with Gasteiger partial charge in [-0.1, -0.05) is 25.4 Å². The van der Waals surface area contributed by atoms with Crippen molar-refractivity contribution < 1.29 is 4.42 Å². The third-order valence-electron chi connectivity index (χ3n) is 3.15. The summed E-state index contributed by atoms with van der Waals surface area (Å²) in [4.78, 5) is 6.43. The van der Waals surface area contributed by atoms with Crippen molar-refractivity contribution in [2.45, 2.75) is 26.9 Å². The van der Waals surface area contributed by atoms with E-state index in [1.54, 1.807) is 12.5 Å². The van der Waals surface area contributed by atoms with Crippen LogP contribution in [0, 0.1) is 5.92 Å². The molecule has 1 N–H and O–H groups in total. The molecule has 2 heterocycles. The summed E-state index contributed by atoms with van der Waals surface area (Å²) in [6.45, 7) is 6.77. The molecule has 0 aliphatic rings. The first-order valence-electron chi connectivity index (χ1n) is 7.15. The van der Waals surface area contributed by atoms with Crippen LogP contribution in [0.15, 0.2) is 35.1 Å². The molecule has 0 unspecified atom stereocenters. The van der Waals surface area contributed by atoms with E-state index in [2.05, 4.69) is 24.1 Å². The molecule has 2 aromatic rings. The molecule has 0 fully saturated rings. The SMILES string of the molecule is CC(C)CNCc1cc(N(C)Cc2ccco2)ncc1Cl. The second kappa shape index (κ2) is 7.48. The van der Waals surface area contributed by atoms with Gasteiger partial charge >= 0.3 is 0 Å². The molecule has 21 heavy (non-hydrogen) atoms. The third-order valence-corrected chi connectivity index (χ3v) is 3.49. The summed E-state index contributed by atoms with van der Waals surface area (Å²) in [7, 11) is 1.99. The van der Waals surface area contributed by atoms with E-state index in [1.807, 2.05) is 30.1 Å². The van der Waals surface area contributed by atoms with Gasteiger partial charge in [0.25, 0.3) is 0 Å². The third kappa shape index (κ3) is 4.76. The van der Waals surface area contributed by atoms with Gasteiger partial charge in [-0.05, 0) is 36.2 Å². The smallest absolute Gasteiger partial charge is 0.129 e. The van der Waals surface area contributed by atoms with E-state index >= 15 is 0 Å². The zero-order chi connectivity index (χ0) is 15.2. The fraction of sp³-hybridized carbons (Fsp3) is 0.438. The van der Waals surface area contributed by atoms with Gasteiger partial charge < -0.3 is 14.6 Å². The molecule has 0 aromatic carbocycles. The predicted octanol–water partition coefficient (Wildman–Crippen LogP) is 3.71. The first kappa shape index (κ1) is 15.9. The van der Waals surface area contributed by atoms with Crippen LogP contribution in [0.3, 0.4) is 0 Å². The van der Waals surface area contributed by atoms with Crippen LogP contribution >= 0.6 is 11.6 Å². The van der Waals surface area contributed by atoms with Gasteiger partial charge in [0, 0.05) is 19.8 Å². The van der Waals surface area contributed by atoms with Gasteiger partial charge in [-0.3, -0.25) is 0 Å². The van der Waals surface area contributed by atoms with Crippen LogP contribution < -0.4 is 10.2 Å². The molecule has 0 saturated heterocycles. The average Bonchev–Trinajstić information content (AvgIpc) is 2.93. The van der Waals surface area contributed by atoms with E-state index in [1.165, 1.54) is 0 Å². The molecule has 0 aliphatic heterocycles. The number of furan rings is 1. The van der Waals surface area contributed by atoms with E-state index in [9.17, 15) is 0 Å². The molecule has 0 spiro atoms. The number of halogens is 1. The lowest BCUT2D eigenvalue weighted by atomic mass is 10.2. The summed E-state index contributed by atoms with van der Waals surface area (Å²) in [5.41, 5.74) is 1.06. The second-order valence-electron chi connectivity index (χ2n) is 5.59. The number of rotatable bonds is 7.